The van der Waals surface area contributed by atoms with Crippen molar-refractivity contribution in [3.63, 3.8) is 0 Å². The Labute approximate surface area is 792 Å². The van der Waals surface area contributed by atoms with E-state index >= 15 is 33.7 Å². The number of aryl methyl sites for hydroxylation is 4. The van der Waals surface area contributed by atoms with Gasteiger partial charge in [-0.3, -0.25) is 0 Å². The minimum absolute atomic E-state index is 0.246. The van der Waals surface area contributed by atoms with Gasteiger partial charge in [0.25, 0.3) is 0 Å². The second-order valence-corrected chi connectivity index (χ2v) is 52.4. The SMILES string of the molecule is CCCCCCCCCc1cc2ccccc2c(S(=O)(=O)[O][Sn]([O]S(=O)(=O)c2c(CCCCCCCCC)c(CCCCCCCCC)cc3ccccc23)([O]S(=O)(=O)c2c(CCCCCCCCC)c(CCCCCCCCC)cc3ccccc23)[O]S(=O)(=O)c2c(CCCCCCCCC)c(CCCCCCCCC)cc3ccccc23)c1CCCCCCCCC. The van der Waals surface area contributed by atoms with E-state index in [1.54, 1.807) is 48.5 Å². The second-order valence-electron chi connectivity index (χ2n) is 37.9. The molecule has 8 rings (SSSR count). The molecule has 129 heavy (non-hydrogen) atoms. The van der Waals surface area contributed by atoms with Crippen LogP contribution in [0.15, 0.2) is 141 Å². The van der Waals surface area contributed by atoms with Crippen molar-refractivity contribution in [3.8, 4) is 0 Å². The van der Waals surface area contributed by atoms with Crippen LogP contribution in [0.2, 0.25) is 0 Å². The molecule has 0 N–H and O–H groups in total. The smallest absolute Gasteiger partial charge is 0.0654 e. The molecule has 12 nitrogen and oxygen atoms in total. The van der Waals surface area contributed by atoms with E-state index in [4.69, 9.17) is 10.1 Å². The van der Waals surface area contributed by atoms with Crippen LogP contribution in [0.1, 0.15) is 459 Å². The standard InChI is InChI=1S/4C28H44O3S.Sn/c4*1-3-5-7-9-11-13-15-19-24-23-25-20-17-18-22-27(25)28(32(29,30)31)26(24)21-16-14-12-10-8-6-4-2;/h4*17-18,20,22-23H,3-16,19,21H2,1-2H3,(H,29,30,31);/q;;;;+4/p-4. The van der Waals surface area contributed by atoms with Crippen LogP contribution in [-0.2, 0) is 102 Å². The van der Waals surface area contributed by atoms with Crippen LogP contribution in [-0.4, -0.2) is 53.7 Å². The van der Waals surface area contributed by atoms with Crippen molar-refractivity contribution in [3.05, 3.63) is 166 Å². The molecule has 0 aliphatic rings. The molecule has 0 saturated carbocycles. The van der Waals surface area contributed by atoms with Crippen LogP contribution in [0, 0.1) is 0 Å². The fraction of sp³-hybridized carbons (Fsp3) is 0.643. The summed E-state index contributed by atoms with van der Waals surface area (Å²) in [7, 11) is -23.1. The van der Waals surface area contributed by atoms with Gasteiger partial charge in [-0.2, -0.15) is 0 Å². The molecule has 17 heteroatoms. The summed E-state index contributed by atoms with van der Waals surface area (Å²) in [6, 6.07) is 37.2. The van der Waals surface area contributed by atoms with Crippen molar-refractivity contribution in [2.24, 2.45) is 0 Å². The van der Waals surface area contributed by atoms with Crippen LogP contribution in [0.3, 0.4) is 0 Å². The van der Waals surface area contributed by atoms with Gasteiger partial charge >= 0.3 is 718 Å². The molecule has 720 valence electrons. The van der Waals surface area contributed by atoms with Gasteiger partial charge in [0.1, 0.15) is 0 Å². The van der Waals surface area contributed by atoms with Crippen molar-refractivity contribution >= 4 is 104 Å². The average molecular weight is 1960 g/mol. The van der Waals surface area contributed by atoms with Crippen molar-refractivity contribution in [2.75, 3.05) is 0 Å². The number of hydrogen-bond acceptors (Lipinski definition) is 12. The summed E-state index contributed by atoms with van der Waals surface area (Å²) < 4.78 is 172. The Hall–Kier alpha value is -4.76. The minimum Gasteiger partial charge on any atom is -0.0654 e. The van der Waals surface area contributed by atoms with Gasteiger partial charge in [0.05, 0.1) is 0 Å². The van der Waals surface area contributed by atoms with E-state index in [9.17, 15) is 0 Å². The average Bonchev–Trinajstić information content (AvgIpc) is 0.720. The third-order valence-corrected chi connectivity index (χ3v) is 47.0. The molecule has 0 spiro atoms. The van der Waals surface area contributed by atoms with E-state index in [0.29, 0.717) is 95.2 Å². The zero-order valence-corrected chi connectivity index (χ0v) is 88.0. The van der Waals surface area contributed by atoms with Gasteiger partial charge in [-0.25, -0.2) is 0 Å². The van der Waals surface area contributed by atoms with Gasteiger partial charge in [-0.1, -0.05) is 81.1 Å². The molecule has 0 unspecified atom stereocenters. The molecule has 0 atom stereocenters. The first-order valence-corrected chi connectivity index (χ1v) is 63.0. The quantitative estimate of drug-likeness (QED) is 0.0261. The maximum absolute atomic E-state index is 17.9. The number of unbranched alkanes of at least 4 members (excludes halogenated alkanes) is 48. The van der Waals surface area contributed by atoms with Crippen LogP contribution in [0.4, 0.5) is 0 Å². The van der Waals surface area contributed by atoms with Crippen LogP contribution >= 0.6 is 0 Å². The number of benzene rings is 8. The maximum atomic E-state index is 17.9. The van der Waals surface area contributed by atoms with E-state index in [2.05, 4.69) is 79.7 Å². The van der Waals surface area contributed by atoms with E-state index < -0.39 is 60.5 Å². The van der Waals surface area contributed by atoms with Gasteiger partial charge < -0.3 is 0 Å². The molecule has 8 aromatic carbocycles. The Bertz CT molecular complexity index is 4390. The number of rotatable bonds is 76. The third-order valence-electron chi connectivity index (χ3n) is 27.0. The molecule has 0 aliphatic heterocycles. The third kappa shape index (κ3) is 36.3. The molecule has 0 aromatic heterocycles. The van der Waals surface area contributed by atoms with Crippen LogP contribution < -0.4 is 0 Å². The van der Waals surface area contributed by atoms with E-state index in [0.717, 1.165) is 356 Å². The summed E-state index contributed by atoms with van der Waals surface area (Å²) >= 11 is -8.76. The first kappa shape index (κ1) is 110. The summed E-state index contributed by atoms with van der Waals surface area (Å²) in [5.74, 6) is 0. The molecule has 0 bridgehead atoms. The first-order valence-electron chi connectivity index (χ1n) is 52.7. The summed E-state index contributed by atoms with van der Waals surface area (Å²) in [5, 5.41) is 3.24. The van der Waals surface area contributed by atoms with Gasteiger partial charge in [0.2, 0.25) is 0 Å². The first-order chi connectivity index (χ1) is 62.8. The Morgan fingerprint density at radius 3 is 0.488 bits per heavy atom. The van der Waals surface area contributed by atoms with Crippen molar-refractivity contribution in [2.45, 2.75) is 486 Å². The van der Waals surface area contributed by atoms with Gasteiger partial charge in [0, 0.05) is 0 Å². The van der Waals surface area contributed by atoms with Gasteiger partial charge in [-0.15, -0.1) is 0 Å². The zero-order valence-electron chi connectivity index (χ0n) is 81.8. The Balaban J connectivity index is 1.53. The molecule has 0 radical (unpaired) electrons. The molecule has 0 amide bonds. The molecule has 8 aromatic rings. The van der Waals surface area contributed by atoms with Crippen molar-refractivity contribution in [1.82, 2.24) is 0 Å². The summed E-state index contributed by atoms with van der Waals surface area (Å²) in [6.45, 7) is 17.6. The van der Waals surface area contributed by atoms with Gasteiger partial charge in [0.15, 0.2) is 0 Å². The summed E-state index contributed by atoms with van der Waals surface area (Å²) in [4.78, 5) is -1.23. The Morgan fingerprint density at radius 2 is 0.326 bits per heavy atom. The monoisotopic (exact) mass is 1960 g/mol. The molecular weight excluding hydrogens is 1780 g/mol. The Morgan fingerprint density at radius 1 is 0.186 bits per heavy atom. The van der Waals surface area contributed by atoms with Crippen molar-refractivity contribution < 1.29 is 43.8 Å². The molecule has 0 saturated heterocycles. The van der Waals surface area contributed by atoms with Crippen molar-refractivity contribution in [1.29, 1.82) is 0 Å². The predicted octanol–water partition coefficient (Wildman–Crippen LogP) is 34.0. The zero-order chi connectivity index (χ0) is 92.3. The predicted molar refractivity (Wildman–Crippen MR) is 548 cm³/mol. The minimum atomic E-state index is -8.76. The number of fused-ring (bicyclic) bond motifs is 4. The number of hydrogen-bond donors (Lipinski definition) is 0. The topological polar surface area (TPSA) is 173 Å². The van der Waals surface area contributed by atoms with E-state index in [1.807, 2.05) is 48.5 Å². The fourth-order valence-electron chi connectivity index (χ4n) is 19.7. The molecule has 0 aliphatic carbocycles. The Kier molecular flexibility index (Phi) is 52.1. The molecule has 0 fully saturated rings. The summed E-state index contributed by atoms with van der Waals surface area (Å²) in [5.41, 5.74) is 4.87. The second kappa shape index (κ2) is 61.4. The molecule has 0 heterocycles. The van der Waals surface area contributed by atoms with E-state index in [1.165, 1.54) is 0 Å². The van der Waals surface area contributed by atoms with Crippen LogP contribution in [0.25, 0.3) is 43.1 Å². The van der Waals surface area contributed by atoms with Crippen LogP contribution in [0.5, 0.6) is 0 Å². The normalized spacial score (nSPS) is 12.5. The van der Waals surface area contributed by atoms with E-state index in [-0.39, 0.29) is 66.8 Å². The summed E-state index contributed by atoms with van der Waals surface area (Å²) in [6.07, 6.45) is 57.8. The molecular formula is C112H172O12S4Sn. The van der Waals surface area contributed by atoms with Gasteiger partial charge in [-0.05, 0) is 0 Å². The fourth-order valence-corrected chi connectivity index (χ4v) is 42.1.